The molecule has 2 nitrogen and oxygen atoms in total. The summed E-state index contributed by atoms with van der Waals surface area (Å²) in [5.74, 6) is 0.820. The fraction of sp³-hybridized carbons (Fsp3) is 0.538. The molecule has 0 amide bonds. The van der Waals surface area contributed by atoms with Gasteiger partial charge in [0, 0.05) is 12.6 Å². The van der Waals surface area contributed by atoms with E-state index in [0.29, 0.717) is 0 Å². The highest BCUT2D eigenvalue weighted by Gasteiger charge is 2.23. The first-order chi connectivity index (χ1) is 7.29. The highest BCUT2D eigenvalue weighted by molar-refractivity contribution is 5.29. The number of aliphatic hydroxyl groups is 1. The van der Waals surface area contributed by atoms with Crippen molar-refractivity contribution in [1.29, 1.82) is 0 Å². The molecule has 0 aromatic heterocycles. The van der Waals surface area contributed by atoms with Gasteiger partial charge in [0.05, 0.1) is 6.61 Å². The van der Waals surface area contributed by atoms with Gasteiger partial charge in [0.2, 0.25) is 0 Å². The molecule has 0 heterocycles. The van der Waals surface area contributed by atoms with Crippen molar-refractivity contribution in [1.82, 2.24) is 5.32 Å². The van der Waals surface area contributed by atoms with Crippen LogP contribution in [0.3, 0.4) is 0 Å². The Kier molecular flexibility index (Phi) is 3.39. The quantitative estimate of drug-likeness (QED) is 0.771. The molecular formula is C13H19NO. The average molecular weight is 205 g/mol. The second-order valence-corrected chi connectivity index (χ2v) is 4.48. The van der Waals surface area contributed by atoms with Crippen molar-refractivity contribution in [2.45, 2.75) is 38.3 Å². The molecule has 0 radical (unpaired) electrons. The molecule has 0 saturated heterocycles. The maximum atomic E-state index is 8.90. The number of benzene rings is 1. The molecule has 1 aromatic carbocycles. The molecule has 15 heavy (non-hydrogen) atoms. The lowest BCUT2D eigenvalue weighted by atomic mass is 10.1. The van der Waals surface area contributed by atoms with Gasteiger partial charge in [0.25, 0.3) is 0 Å². The summed E-state index contributed by atoms with van der Waals surface area (Å²) < 4.78 is 0. The summed E-state index contributed by atoms with van der Waals surface area (Å²) in [7, 11) is 0. The Labute approximate surface area is 91.3 Å². The van der Waals surface area contributed by atoms with Gasteiger partial charge < -0.3 is 10.4 Å². The summed E-state index contributed by atoms with van der Waals surface area (Å²) in [5, 5.41) is 12.2. The maximum Gasteiger partial charge on any atom is 0.0582 e. The molecule has 2 heteroatoms. The fourth-order valence-corrected chi connectivity index (χ4v) is 1.73. The molecule has 1 aliphatic carbocycles. The zero-order valence-corrected chi connectivity index (χ0v) is 9.24. The van der Waals surface area contributed by atoms with Crippen molar-refractivity contribution < 1.29 is 5.11 Å². The number of rotatable bonds is 5. The minimum absolute atomic E-state index is 0.176. The standard InChI is InChI=1S/C13H19NO/c1-10(9-15)14-8-11-3-2-4-13(7-11)12-5-6-12/h2-4,7,10,12,14-15H,5-6,8-9H2,1H3. The molecule has 2 rings (SSSR count). The van der Waals surface area contributed by atoms with Crippen LogP contribution in [0.1, 0.15) is 36.8 Å². The van der Waals surface area contributed by atoms with Crippen LogP contribution in [-0.2, 0) is 6.54 Å². The first-order valence-electron chi connectivity index (χ1n) is 5.72. The van der Waals surface area contributed by atoms with Crippen molar-refractivity contribution in [3.8, 4) is 0 Å². The summed E-state index contributed by atoms with van der Waals surface area (Å²) in [6.45, 7) is 3.04. The van der Waals surface area contributed by atoms with Crippen molar-refractivity contribution in [2.75, 3.05) is 6.61 Å². The van der Waals surface area contributed by atoms with Crippen LogP contribution in [0.25, 0.3) is 0 Å². The average Bonchev–Trinajstić information content (AvgIpc) is 3.10. The van der Waals surface area contributed by atoms with Crippen LogP contribution in [-0.4, -0.2) is 17.8 Å². The van der Waals surface area contributed by atoms with Gasteiger partial charge >= 0.3 is 0 Å². The Balaban J connectivity index is 1.92. The zero-order chi connectivity index (χ0) is 10.7. The zero-order valence-electron chi connectivity index (χ0n) is 9.24. The molecule has 1 aliphatic rings. The molecule has 1 saturated carbocycles. The molecule has 1 aromatic rings. The van der Waals surface area contributed by atoms with Crippen LogP contribution < -0.4 is 5.32 Å². The minimum Gasteiger partial charge on any atom is -0.395 e. The van der Waals surface area contributed by atoms with Gasteiger partial charge in [0.15, 0.2) is 0 Å². The van der Waals surface area contributed by atoms with E-state index in [0.717, 1.165) is 12.5 Å². The third-order valence-electron chi connectivity index (χ3n) is 2.93. The predicted molar refractivity (Wildman–Crippen MR) is 61.8 cm³/mol. The van der Waals surface area contributed by atoms with E-state index >= 15 is 0 Å². The topological polar surface area (TPSA) is 32.3 Å². The highest BCUT2D eigenvalue weighted by atomic mass is 16.3. The molecular weight excluding hydrogens is 186 g/mol. The molecule has 0 bridgehead atoms. The van der Waals surface area contributed by atoms with Crippen molar-refractivity contribution in [3.05, 3.63) is 35.4 Å². The Morgan fingerprint density at radius 1 is 1.47 bits per heavy atom. The van der Waals surface area contributed by atoms with Crippen LogP contribution in [0.2, 0.25) is 0 Å². The Hall–Kier alpha value is -0.860. The van der Waals surface area contributed by atoms with E-state index < -0.39 is 0 Å². The first-order valence-corrected chi connectivity index (χ1v) is 5.72. The molecule has 1 atom stereocenters. The van der Waals surface area contributed by atoms with Crippen LogP contribution >= 0.6 is 0 Å². The van der Waals surface area contributed by atoms with Gasteiger partial charge in [-0.25, -0.2) is 0 Å². The smallest absolute Gasteiger partial charge is 0.0582 e. The third kappa shape index (κ3) is 3.05. The van der Waals surface area contributed by atoms with E-state index in [1.54, 1.807) is 0 Å². The Morgan fingerprint density at radius 3 is 2.93 bits per heavy atom. The predicted octanol–water partition coefficient (Wildman–Crippen LogP) is 2.03. The summed E-state index contributed by atoms with van der Waals surface area (Å²) in [6, 6.07) is 8.96. The number of nitrogens with one attached hydrogen (secondary N) is 1. The summed E-state index contributed by atoms with van der Waals surface area (Å²) in [6.07, 6.45) is 2.70. The first kappa shape index (κ1) is 10.7. The third-order valence-corrected chi connectivity index (χ3v) is 2.93. The van der Waals surface area contributed by atoms with E-state index in [1.165, 1.54) is 24.0 Å². The summed E-state index contributed by atoms with van der Waals surface area (Å²) in [5.41, 5.74) is 2.80. The maximum absolute atomic E-state index is 8.90. The highest BCUT2D eigenvalue weighted by Crippen LogP contribution is 2.40. The Bertz CT molecular complexity index is 320. The fourth-order valence-electron chi connectivity index (χ4n) is 1.73. The number of hydrogen-bond donors (Lipinski definition) is 2. The van der Waals surface area contributed by atoms with Crippen molar-refractivity contribution >= 4 is 0 Å². The molecule has 2 N–H and O–H groups in total. The van der Waals surface area contributed by atoms with E-state index in [-0.39, 0.29) is 12.6 Å². The van der Waals surface area contributed by atoms with Gasteiger partial charge in [-0.15, -0.1) is 0 Å². The van der Waals surface area contributed by atoms with Gasteiger partial charge in [-0.05, 0) is 36.8 Å². The van der Waals surface area contributed by atoms with Crippen LogP contribution in [0.15, 0.2) is 24.3 Å². The van der Waals surface area contributed by atoms with Crippen molar-refractivity contribution in [2.24, 2.45) is 0 Å². The lowest BCUT2D eigenvalue weighted by molar-refractivity contribution is 0.251. The Morgan fingerprint density at radius 2 is 2.27 bits per heavy atom. The molecule has 0 aliphatic heterocycles. The SMILES string of the molecule is CC(CO)NCc1cccc(C2CC2)c1. The van der Waals surface area contributed by atoms with Crippen LogP contribution in [0.5, 0.6) is 0 Å². The van der Waals surface area contributed by atoms with Crippen molar-refractivity contribution in [3.63, 3.8) is 0 Å². The van der Waals surface area contributed by atoms with Crippen LogP contribution in [0.4, 0.5) is 0 Å². The van der Waals surface area contributed by atoms with Crippen LogP contribution in [0, 0.1) is 0 Å². The second-order valence-electron chi connectivity index (χ2n) is 4.48. The lowest BCUT2D eigenvalue weighted by Crippen LogP contribution is -2.28. The number of hydrogen-bond acceptors (Lipinski definition) is 2. The monoisotopic (exact) mass is 205 g/mol. The molecule has 82 valence electrons. The normalized spacial score (nSPS) is 17.7. The van der Waals surface area contributed by atoms with Gasteiger partial charge in [0.1, 0.15) is 0 Å². The molecule has 1 fully saturated rings. The van der Waals surface area contributed by atoms with E-state index in [1.807, 2.05) is 6.92 Å². The van der Waals surface area contributed by atoms with E-state index in [2.05, 4.69) is 29.6 Å². The summed E-state index contributed by atoms with van der Waals surface area (Å²) in [4.78, 5) is 0. The van der Waals surface area contributed by atoms with Gasteiger partial charge in [-0.1, -0.05) is 24.3 Å². The lowest BCUT2D eigenvalue weighted by Gasteiger charge is -2.11. The largest absolute Gasteiger partial charge is 0.395 e. The summed E-state index contributed by atoms with van der Waals surface area (Å²) >= 11 is 0. The minimum atomic E-state index is 0.176. The van der Waals surface area contributed by atoms with E-state index in [9.17, 15) is 0 Å². The number of aliphatic hydroxyl groups excluding tert-OH is 1. The second kappa shape index (κ2) is 4.77. The molecule has 0 spiro atoms. The molecule has 1 unspecified atom stereocenters. The van der Waals surface area contributed by atoms with Gasteiger partial charge in [-0.2, -0.15) is 0 Å². The van der Waals surface area contributed by atoms with E-state index in [4.69, 9.17) is 5.11 Å². The van der Waals surface area contributed by atoms with Gasteiger partial charge in [-0.3, -0.25) is 0 Å².